The van der Waals surface area contributed by atoms with E-state index in [0.29, 0.717) is 24.5 Å². The van der Waals surface area contributed by atoms with Crippen LogP contribution in [0.25, 0.3) is 0 Å². The number of unbranched alkanes of at least 4 members (excludes halogenated alkanes) is 18. The largest absolute Gasteiger partial charge is 0.494 e. The molecule has 0 saturated carbocycles. The van der Waals surface area contributed by atoms with E-state index in [-0.39, 0.29) is 45.4 Å². The van der Waals surface area contributed by atoms with Crippen LogP contribution >= 0.6 is 0 Å². The van der Waals surface area contributed by atoms with Crippen molar-refractivity contribution < 1.29 is 52.0 Å². The summed E-state index contributed by atoms with van der Waals surface area (Å²) in [4.78, 5) is 51.6. The van der Waals surface area contributed by atoms with Crippen LogP contribution in [0.5, 0.6) is 34.5 Å². The van der Waals surface area contributed by atoms with E-state index in [9.17, 15) is 23.6 Å². The van der Waals surface area contributed by atoms with Crippen molar-refractivity contribution in [2.75, 3.05) is 13.2 Å². The molecule has 0 aromatic heterocycles. The van der Waals surface area contributed by atoms with Crippen molar-refractivity contribution in [1.29, 1.82) is 0 Å². The summed E-state index contributed by atoms with van der Waals surface area (Å²) >= 11 is 0. The molecule has 0 spiro atoms. The highest BCUT2D eigenvalue weighted by atomic mass is 19.1. The molecule has 10 nitrogen and oxygen atoms in total. The van der Waals surface area contributed by atoms with Gasteiger partial charge in [0.15, 0.2) is 11.6 Å². The van der Waals surface area contributed by atoms with E-state index in [4.69, 9.17) is 28.4 Å². The lowest BCUT2D eigenvalue weighted by molar-refractivity contribution is 0.0723. The lowest BCUT2D eigenvalue weighted by Gasteiger charge is -2.10. The van der Waals surface area contributed by atoms with Crippen molar-refractivity contribution >= 4 is 23.9 Å². The van der Waals surface area contributed by atoms with Gasteiger partial charge >= 0.3 is 23.9 Å². The Labute approximate surface area is 407 Å². The fourth-order valence-corrected chi connectivity index (χ4v) is 7.57. The van der Waals surface area contributed by atoms with Crippen LogP contribution in [0, 0.1) is 5.82 Å². The monoisotopic (exact) mass is 944 g/mol. The van der Waals surface area contributed by atoms with E-state index in [1.165, 1.54) is 175 Å². The molecule has 368 valence electrons. The number of hydrogen-bond donors (Lipinski definition) is 0. The van der Waals surface area contributed by atoms with Gasteiger partial charge in [0, 0.05) is 6.07 Å². The van der Waals surface area contributed by atoms with E-state index >= 15 is 0 Å². The molecule has 0 atom stereocenters. The SMILES string of the molecule is CCCCCCCCCCCCCCOc1ccc(C(=O)Oc2ccc(C(=O)Oc3cccc(OC(=O)c4ccc(OC(=O)c5ccc(OCCCCCCCCCC)cc5)cc4)c3)cc2)cc1F. The molecule has 0 N–H and O–H groups in total. The minimum atomic E-state index is -0.769. The molecule has 0 bridgehead atoms. The molecule has 5 rings (SSSR count). The number of carbonyl (C=O) groups excluding carboxylic acids is 4. The molecule has 0 aliphatic carbocycles. The Morgan fingerprint density at radius 1 is 0.348 bits per heavy atom. The molecule has 0 aliphatic heterocycles. The highest BCUT2D eigenvalue weighted by Gasteiger charge is 2.17. The number of hydrogen-bond acceptors (Lipinski definition) is 10. The second-order valence-corrected chi connectivity index (χ2v) is 17.3. The predicted molar refractivity (Wildman–Crippen MR) is 267 cm³/mol. The van der Waals surface area contributed by atoms with Crippen molar-refractivity contribution in [2.45, 2.75) is 142 Å². The van der Waals surface area contributed by atoms with Crippen molar-refractivity contribution in [1.82, 2.24) is 0 Å². The van der Waals surface area contributed by atoms with Crippen LogP contribution in [0.2, 0.25) is 0 Å². The normalized spacial score (nSPS) is 10.9. The summed E-state index contributed by atoms with van der Waals surface area (Å²) in [5.74, 6) is -1.94. The van der Waals surface area contributed by atoms with Gasteiger partial charge in [-0.1, -0.05) is 135 Å². The molecule has 0 radical (unpaired) electrons. The van der Waals surface area contributed by atoms with Crippen LogP contribution < -0.4 is 28.4 Å². The summed E-state index contributed by atoms with van der Waals surface area (Å²) in [6, 6.07) is 28.4. The van der Waals surface area contributed by atoms with Crippen LogP contribution in [-0.4, -0.2) is 37.1 Å². The van der Waals surface area contributed by atoms with E-state index < -0.39 is 29.7 Å². The van der Waals surface area contributed by atoms with Crippen LogP contribution in [0.1, 0.15) is 184 Å². The minimum absolute atomic E-state index is 0.0136. The topological polar surface area (TPSA) is 124 Å². The zero-order chi connectivity index (χ0) is 48.9. The molecule has 5 aromatic rings. The molecule has 0 fully saturated rings. The average molecular weight is 945 g/mol. The lowest BCUT2D eigenvalue weighted by atomic mass is 10.1. The molecule has 11 heteroatoms. The zero-order valence-corrected chi connectivity index (χ0v) is 40.5. The summed E-state index contributed by atoms with van der Waals surface area (Å²) in [7, 11) is 0. The van der Waals surface area contributed by atoms with Crippen molar-refractivity contribution in [3.63, 3.8) is 0 Å². The van der Waals surface area contributed by atoms with Crippen LogP contribution in [0.4, 0.5) is 4.39 Å². The van der Waals surface area contributed by atoms with Gasteiger partial charge in [0.1, 0.15) is 28.7 Å². The van der Waals surface area contributed by atoms with Crippen LogP contribution in [0.15, 0.2) is 115 Å². The molecule has 0 saturated heterocycles. The maximum Gasteiger partial charge on any atom is 0.343 e. The van der Waals surface area contributed by atoms with Crippen molar-refractivity contribution in [2.24, 2.45) is 0 Å². The van der Waals surface area contributed by atoms with Gasteiger partial charge in [-0.3, -0.25) is 0 Å². The Bertz CT molecular complexity index is 2310. The minimum Gasteiger partial charge on any atom is -0.494 e. The van der Waals surface area contributed by atoms with E-state index in [1.807, 2.05) is 0 Å². The van der Waals surface area contributed by atoms with E-state index in [1.54, 1.807) is 30.3 Å². The standard InChI is InChI=1S/C58H69FO10/c1-3-5-7-9-11-13-14-15-16-18-20-22-41-65-54-39-32-47(42-53(54)59)58(63)67-50-37-30-46(31-38-50)57(62)69-52-25-23-24-51(43-52)68-56(61)45-28-35-49(36-29-45)66-55(60)44-26-33-48(34-27-44)64-40-21-19-17-12-10-8-6-4-2/h23-39,42-43H,3-22,40-41H2,1-2H3. The van der Waals surface area contributed by atoms with Gasteiger partial charge in [-0.2, -0.15) is 0 Å². The summed E-state index contributed by atoms with van der Waals surface area (Å²) in [5, 5.41) is 0. The molecule has 0 unspecified atom stereocenters. The predicted octanol–water partition coefficient (Wildman–Crippen LogP) is 15.3. The first-order valence-corrected chi connectivity index (χ1v) is 25.1. The van der Waals surface area contributed by atoms with Gasteiger partial charge < -0.3 is 28.4 Å². The number of carbonyl (C=O) groups is 4. The first-order chi connectivity index (χ1) is 33.7. The van der Waals surface area contributed by atoms with Gasteiger partial charge in [-0.15, -0.1) is 0 Å². The fraction of sp³-hybridized carbons (Fsp3) is 0.414. The van der Waals surface area contributed by atoms with Crippen molar-refractivity contribution in [3.8, 4) is 34.5 Å². The smallest absolute Gasteiger partial charge is 0.343 e. The molecule has 5 aromatic carbocycles. The molecule has 0 heterocycles. The molecule has 0 aliphatic rings. The summed E-state index contributed by atoms with van der Waals surface area (Å²) in [5.41, 5.74) is 0.736. The molecular weight excluding hydrogens is 876 g/mol. The van der Waals surface area contributed by atoms with E-state index in [0.717, 1.165) is 38.2 Å². The average Bonchev–Trinajstić information content (AvgIpc) is 3.36. The third-order valence-electron chi connectivity index (χ3n) is 11.6. The molecule has 69 heavy (non-hydrogen) atoms. The summed E-state index contributed by atoms with van der Waals surface area (Å²) in [6.45, 7) is 5.49. The van der Waals surface area contributed by atoms with Gasteiger partial charge in [-0.25, -0.2) is 23.6 Å². The van der Waals surface area contributed by atoms with Crippen molar-refractivity contribution in [3.05, 3.63) is 143 Å². The second-order valence-electron chi connectivity index (χ2n) is 17.3. The van der Waals surface area contributed by atoms with Gasteiger partial charge in [0.05, 0.1) is 35.5 Å². The Morgan fingerprint density at radius 2 is 0.681 bits per heavy atom. The Hall–Kier alpha value is -6.49. The molecular formula is C58H69FO10. The third kappa shape index (κ3) is 19.9. The van der Waals surface area contributed by atoms with Gasteiger partial charge in [-0.05, 0) is 116 Å². The quantitative estimate of drug-likeness (QED) is 0.0234. The number of ether oxygens (including phenoxy) is 6. The van der Waals surface area contributed by atoms with Crippen LogP contribution in [-0.2, 0) is 0 Å². The third-order valence-corrected chi connectivity index (χ3v) is 11.6. The molecule has 0 amide bonds. The van der Waals surface area contributed by atoms with E-state index in [2.05, 4.69) is 13.8 Å². The maximum atomic E-state index is 14.8. The highest BCUT2D eigenvalue weighted by molar-refractivity contribution is 5.94. The highest BCUT2D eigenvalue weighted by Crippen LogP contribution is 2.25. The fourth-order valence-electron chi connectivity index (χ4n) is 7.57. The lowest BCUT2D eigenvalue weighted by Crippen LogP contribution is -2.11. The number of rotatable bonds is 32. The second kappa shape index (κ2) is 30.8. The first-order valence-electron chi connectivity index (χ1n) is 25.1. The maximum absolute atomic E-state index is 14.8. The zero-order valence-electron chi connectivity index (χ0n) is 40.5. The summed E-state index contributed by atoms with van der Waals surface area (Å²) < 4.78 is 48.2. The van der Waals surface area contributed by atoms with Gasteiger partial charge in [0.2, 0.25) is 0 Å². The Morgan fingerprint density at radius 3 is 1.09 bits per heavy atom. The number of benzene rings is 5. The first kappa shape index (κ1) is 53.5. The Balaban J connectivity index is 0.984. The number of halogens is 1. The number of esters is 4. The van der Waals surface area contributed by atoms with Crippen LogP contribution in [0.3, 0.4) is 0 Å². The summed E-state index contributed by atoms with van der Waals surface area (Å²) in [6.07, 6.45) is 24.5. The van der Waals surface area contributed by atoms with Gasteiger partial charge in [0.25, 0.3) is 0 Å². The Kier molecular flexibility index (Phi) is 23.9.